The number of hydrogen-bond acceptors (Lipinski definition) is 3. The summed E-state index contributed by atoms with van der Waals surface area (Å²) in [6, 6.07) is 6.84. The summed E-state index contributed by atoms with van der Waals surface area (Å²) in [6.45, 7) is 6.37. The van der Waals surface area contributed by atoms with Crippen molar-refractivity contribution in [3.8, 4) is 0 Å². The molecule has 0 aliphatic carbocycles. The molecule has 0 atom stereocenters. The Labute approximate surface area is 82.5 Å². The highest BCUT2D eigenvalue weighted by Crippen LogP contribution is 2.12. The lowest BCUT2D eigenvalue weighted by molar-refractivity contribution is 0.0655. The van der Waals surface area contributed by atoms with E-state index in [1.807, 2.05) is 19.0 Å². The van der Waals surface area contributed by atoms with Crippen molar-refractivity contribution >= 4 is 11.7 Å². The van der Waals surface area contributed by atoms with Crippen LogP contribution in [0.2, 0.25) is 0 Å². The van der Waals surface area contributed by atoms with Crippen LogP contribution in [0.15, 0.2) is 24.3 Å². The summed E-state index contributed by atoms with van der Waals surface area (Å²) in [6.07, 6.45) is 0. The molecule has 0 bridgehead atoms. The van der Waals surface area contributed by atoms with Crippen molar-refractivity contribution in [3.05, 3.63) is 41.4 Å². The largest absolute Gasteiger partial charge is 0.426 e. The summed E-state index contributed by atoms with van der Waals surface area (Å²) in [5.41, 5.74) is 1.37. The Morgan fingerprint density at radius 3 is 2.36 bits per heavy atom. The fraction of sp³-hybridized carbons (Fsp3) is 0.200. The molecule has 0 aromatic heterocycles. The van der Waals surface area contributed by atoms with E-state index in [1.165, 1.54) is 0 Å². The lowest BCUT2D eigenvalue weighted by atomic mass is 10.2. The standard InChI is InChI=1S/C10H10N2O2/c1-11-14-10(13)8-4-6-9(7-5-8)12(2)3/h4-7H,2-3H3. The molecule has 4 heteroatoms. The van der Waals surface area contributed by atoms with Crippen molar-refractivity contribution < 1.29 is 9.63 Å². The molecule has 1 rings (SSSR count). The molecule has 0 aliphatic heterocycles. The van der Waals surface area contributed by atoms with E-state index in [0.717, 1.165) is 5.69 Å². The van der Waals surface area contributed by atoms with Gasteiger partial charge in [0.2, 0.25) is 0 Å². The van der Waals surface area contributed by atoms with Gasteiger partial charge < -0.3 is 4.90 Å². The highest BCUT2D eigenvalue weighted by molar-refractivity contribution is 5.90. The fourth-order valence-corrected chi connectivity index (χ4v) is 0.990. The van der Waals surface area contributed by atoms with Crippen molar-refractivity contribution in [3.63, 3.8) is 0 Å². The first-order valence-corrected chi connectivity index (χ1v) is 4.00. The van der Waals surface area contributed by atoms with Crippen LogP contribution in [-0.2, 0) is 4.84 Å². The average Bonchev–Trinajstić information content (AvgIpc) is 2.18. The van der Waals surface area contributed by atoms with Crippen molar-refractivity contribution in [2.24, 2.45) is 0 Å². The summed E-state index contributed by atoms with van der Waals surface area (Å²) in [5, 5.41) is 2.56. The Balaban J connectivity index is 2.84. The maximum atomic E-state index is 11.1. The molecule has 0 aliphatic rings. The third kappa shape index (κ3) is 2.23. The van der Waals surface area contributed by atoms with Gasteiger partial charge in [-0.05, 0) is 29.3 Å². The van der Waals surface area contributed by atoms with Crippen molar-refractivity contribution in [1.29, 1.82) is 0 Å². The van der Waals surface area contributed by atoms with Gasteiger partial charge in [0.15, 0.2) is 0 Å². The maximum Gasteiger partial charge on any atom is 0.426 e. The van der Waals surface area contributed by atoms with E-state index >= 15 is 0 Å². The molecule has 1 aromatic rings. The van der Waals surface area contributed by atoms with Crippen LogP contribution in [0, 0.1) is 6.57 Å². The minimum absolute atomic E-state index is 0.381. The predicted octanol–water partition coefficient (Wildman–Crippen LogP) is 1.74. The average molecular weight is 190 g/mol. The van der Waals surface area contributed by atoms with E-state index in [4.69, 9.17) is 6.57 Å². The van der Waals surface area contributed by atoms with Crippen LogP contribution in [0.4, 0.5) is 5.69 Å². The van der Waals surface area contributed by atoms with Gasteiger partial charge in [-0.2, -0.15) is 6.57 Å². The van der Waals surface area contributed by atoms with Crippen molar-refractivity contribution in [2.45, 2.75) is 0 Å². The first kappa shape index (κ1) is 10.1. The molecule has 0 amide bonds. The van der Waals surface area contributed by atoms with Crippen molar-refractivity contribution in [1.82, 2.24) is 0 Å². The molecule has 4 nitrogen and oxygen atoms in total. The smallest absolute Gasteiger partial charge is 0.378 e. The van der Waals surface area contributed by atoms with E-state index in [0.29, 0.717) is 5.56 Å². The summed E-state index contributed by atoms with van der Waals surface area (Å²) in [4.78, 5) is 17.2. The Kier molecular flexibility index (Phi) is 3.08. The van der Waals surface area contributed by atoms with Gasteiger partial charge in [-0.15, -0.1) is 4.84 Å². The van der Waals surface area contributed by atoms with E-state index < -0.39 is 5.97 Å². The number of carbonyl (C=O) groups is 1. The van der Waals surface area contributed by atoms with Crippen LogP contribution >= 0.6 is 0 Å². The van der Waals surface area contributed by atoms with Gasteiger partial charge in [-0.25, -0.2) is 4.79 Å². The van der Waals surface area contributed by atoms with Gasteiger partial charge in [0.05, 0.1) is 5.56 Å². The molecule has 0 spiro atoms. The topological polar surface area (TPSA) is 33.9 Å². The second-order valence-electron chi connectivity index (χ2n) is 2.91. The first-order valence-electron chi connectivity index (χ1n) is 4.00. The Hall–Kier alpha value is -2.02. The molecule has 0 saturated heterocycles. The number of anilines is 1. The van der Waals surface area contributed by atoms with E-state index in [2.05, 4.69) is 9.85 Å². The van der Waals surface area contributed by atoms with Gasteiger partial charge in [-0.1, -0.05) is 0 Å². The summed E-state index contributed by atoms with van der Waals surface area (Å²) in [7, 11) is 3.82. The fourth-order valence-electron chi connectivity index (χ4n) is 0.990. The lowest BCUT2D eigenvalue weighted by Gasteiger charge is -2.11. The Bertz CT molecular complexity index is 363. The van der Waals surface area contributed by atoms with Crippen LogP contribution in [-0.4, -0.2) is 20.1 Å². The Morgan fingerprint density at radius 1 is 1.36 bits per heavy atom. The monoisotopic (exact) mass is 190 g/mol. The van der Waals surface area contributed by atoms with Gasteiger partial charge in [-0.3, -0.25) is 0 Å². The third-order valence-electron chi connectivity index (χ3n) is 1.75. The Morgan fingerprint density at radius 2 is 1.93 bits per heavy atom. The minimum Gasteiger partial charge on any atom is -0.378 e. The van der Waals surface area contributed by atoms with Gasteiger partial charge >= 0.3 is 5.97 Å². The molecule has 0 N–H and O–H groups in total. The van der Waals surface area contributed by atoms with E-state index in [9.17, 15) is 4.79 Å². The van der Waals surface area contributed by atoms with Gasteiger partial charge in [0.25, 0.3) is 0 Å². The zero-order valence-electron chi connectivity index (χ0n) is 8.02. The zero-order valence-corrected chi connectivity index (χ0v) is 8.02. The highest BCUT2D eigenvalue weighted by Gasteiger charge is 2.10. The number of hydrogen-bond donors (Lipinski definition) is 0. The normalized spacial score (nSPS) is 8.93. The zero-order chi connectivity index (χ0) is 10.6. The molecular weight excluding hydrogens is 180 g/mol. The summed E-state index contributed by atoms with van der Waals surface area (Å²) in [5.74, 6) is -0.620. The molecule has 14 heavy (non-hydrogen) atoms. The van der Waals surface area contributed by atoms with Crippen LogP contribution in [0.1, 0.15) is 10.4 Å². The molecule has 0 fully saturated rings. The molecule has 0 radical (unpaired) electrons. The summed E-state index contributed by atoms with van der Waals surface area (Å²) >= 11 is 0. The second kappa shape index (κ2) is 4.28. The quantitative estimate of drug-likeness (QED) is 0.526. The lowest BCUT2D eigenvalue weighted by Crippen LogP contribution is -2.08. The molecular formula is C10H10N2O2. The van der Waals surface area contributed by atoms with E-state index in [1.54, 1.807) is 24.3 Å². The molecule has 0 unspecified atom stereocenters. The molecule has 72 valence electrons. The predicted molar refractivity (Wildman–Crippen MR) is 52.8 cm³/mol. The number of nitrogens with zero attached hydrogens (tertiary/aromatic N) is 2. The van der Waals surface area contributed by atoms with Gasteiger partial charge in [0.1, 0.15) is 0 Å². The molecule has 0 heterocycles. The van der Waals surface area contributed by atoms with Crippen LogP contribution in [0.25, 0.3) is 5.01 Å². The maximum absolute atomic E-state index is 11.1. The molecule has 1 aromatic carbocycles. The van der Waals surface area contributed by atoms with E-state index in [-0.39, 0.29) is 0 Å². The van der Waals surface area contributed by atoms with Crippen LogP contribution in [0.3, 0.4) is 0 Å². The third-order valence-corrected chi connectivity index (χ3v) is 1.75. The summed E-state index contributed by atoms with van der Waals surface area (Å²) < 4.78 is 0. The van der Waals surface area contributed by atoms with Crippen LogP contribution in [0.5, 0.6) is 0 Å². The van der Waals surface area contributed by atoms with Crippen LogP contribution < -0.4 is 4.90 Å². The SMILES string of the molecule is [C-]#[N+]OC(=O)c1ccc(N(C)C)cc1. The first-order chi connectivity index (χ1) is 6.65. The molecule has 0 saturated carbocycles. The van der Waals surface area contributed by atoms with Crippen molar-refractivity contribution in [2.75, 3.05) is 19.0 Å². The highest BCUT2D eigenvalue weighted by atomic mass is 16.7. The van der Waals surface area contributed by atoms with Gasteiger partial charge in [0, 0.05) is 19.8 Å². The second-order valence-corrected chi connectivity index (χ2v) is 2.91. The minimum atomic E-state index is -0.620. The number of carbonyl (C=O) groups excluding carboxylic acids is 1. The number of rotatable bonds is 2. The number of benzene rings is 1.